The summed E-state index contributed by atoms with van der Waals surface area (Å²) < 4.78 is 0. The minimum absolute atomic E-state index is 0.144. The van der Waals surface area contributed by atoms with Gasteiger partial charge in [0.15, 0.2) is 0 Å². The Morgan fingerprint density at radius 3 is 2.83 bits per heavy atom. The van der Waals surface area contributed by atoms with E-state index in [2.05, 4.69) is 5.32 Å². The molecule has 0 aromatic rings. The molecule has 1 aliphatic heterocycles. The zero-order valence-corrected chi connectivity index (χ0v) is 7.28. The molecular weight excluding hydrogens is 160 g/mol. The lowest BCUT2D eigenvalue weighted by Gasteiger charge is -2.17. The van der Waals surface area contributed by atoms with Crippen LogP contribution in [0.15, 0.2) is 0 Å². The standard InChI is InChI=1S/C7H14N2O3/c1-9(12-2)7(11)6-3-5(10)4-8-6/h5-6,8,10H,3-4H2,1-2H3. The van der Waals surface area contributed by atoms with Gasteiger partial charge in [0.25, 0.3) is 5.91 Å². The number of hydrogen-bond donors (Lipinski definition) is 2. The molecule has 1 saturated heterocycles. The Hall–Kier alpha value is -0.650. The predicted molar refractivity (Wildman–Crippen MR) is 42.2 cm³/mol. The van der Waals surface area contributed by atoms with E-state index in [1.54, 1.807) is 7.05 Å². The Kier molecular flexibility index (Phi) is 3.02. The van der Waals surface area contributed by atoms with Crippen LogP contribution >= 0.6 is 0 Å². The van der Waals surface area contributed by atoms with Crippen molar-refractivity contribution in [2.45, 2.75) is 18.6 Å². The molecule has 5 heteroatoms. The van der Waals surface area contributed by atoms with E-state index in [0.29, 0.717) is 13.0 Å². The molecule has 2 N–H and O–H groups in total. The monoisotopic (exact) mass is 174 g/mol. The molecule has 1 aliphatic rings. The molecule has 70 valence electrons. The lowest BCUT2D eigenvalue weighted by Crippen LogP contribution is -2.40. The zero-order chi connectivity index (χ0) is 9.14. The normalized spacial score (nSPS) is 28.9. The average molecular weight is 174 g/mol. The minimum atomic E-state index is -0.413. The van der Waals surface area contributed by atoms with Crippen molar-refractivity contribution in [3.05, 3.63) is 0 Å². The third-order valence-electron chi connectivity index (χ3n) is 1.99. The van der Waals surface area contributed by atoms with Gasteiger partial charge < -0.3 is 10.4 Å². The molecule has 0 bridgehead atoms. The number of carbonyl (C=O) groups excluding carboxylic acids is 1. The van der Waals surface area contributed by atoms with E-state index in [1.807, 2.05) is 0 Å². The van der Waals surface area contributed by atoms with Crippen molar-refractivity contribution < 1.29 is 14.7 Å². The van der Waals surface area contributed by atoms with Crippen LogP contribution in [-0.2, 0) is 9.63 Å². The predicted octanol–water partition coefficient (Wildman–Crippen LogP) is -1.27. The van der Waals surface area contributed by atoms with E-state index < -0.39 is 6.10 Å². The summed E-state index contributed by atoms with van der Waals surface area (Å²) in [6, 6.07) is -0.301. The number of carbonyl (C=O) groups is 1. The summed E-state index contributed by atoms with van der Waals surface area (Å²) in [5.41, 5.74) is 0. The van der Waals surface area contributed by atoms with E-state index in [9.17, 15) is 4.79 Å². The van der Waals surface area contributed by atoms with E-state index in [1.165, 1.54) is 7.11 Å². The lowest BCUT2D eigenvalue weighted by molar-refractivity contribution is -0.170. The minimum Gasteiger partial charge on any atom is -0.392 e. The summed E-state index contributed by atoms with van der Waals surface area (Å²) in [5.74, 6) is -0.144. The fourth-order valence-electron chi connectivity index (χ4n) is 1.21. The molecule has 2 unspecified atom stereocenters. The molecule has 12 heavy (non-hydrogen) atoms. The quantitative estimate of drug-likeness (QED) is 0.512. The first-order chi connectivity index (χ1) is 5.65. The van der Waals surface area contributed by atoms with Crippen LogP contribution in [0.4, 0.5) is 0 Å². The van der Waals surface area contributed by atoms with Gasteiger partial charge in [0.05, 0.1) is 19.3 Å². The zero-order valence-electron chi connectivity index (χ0n) is 7.28. The molecule has 0 spiro atoms. The fourth-order valence-corrected chi connectivity index (χ4v) is 1.21. The first-order valence-corrected chi connectivity index (χ1v) is 3.88. The van der Waals surface area contributed by atoms with Crippen molar-refractivity contribution in [2.75, 3.05) is 20.7 Å². The van der Waals surface area contributed by atoms with Crippen LogP contribution in [0.1, 0.15) is 6.42 Å². The second kappa shape index (κ2) is 3.84. The second-order valence-electron chi connectivity index (χ2n) is 2.87. The summed E-state index contributed by atoms with van der Waals surface area (Å²) in [5, 5.41) is 13.2. The van der Waals surface area contributed by atoms with Crippen LogP contribution in [0.25, 0.3) is 0 Å². The molecule has 1 amide bonds. The number of hydroxylamine groups is 2. The molecule has 0 aliphatic carbocycles. The fraction of sp³-hybridized carbons (Fsp3) is 0.857. The summed E-state index contributed by atoms with van der Waals surface area (Å²) in [6.07, 6.45) is 0.0520. The Morgan fingerprint density at radius 2 is 2.42 bits per heavy atom. The molecule has 0 aromatic carbocycles. The van der Waals surface area contributed by atoms with Crippen molar-refractivity contribution in [1.29, 1.82) is 0 Å². The maximum atomic E-state index is 11.3. The highest BCUT2D eigenvalue weighted by Gasteiger charge is 2.30. The van der Waals surface area contributed by atoms with Crippen LogP contribution in [0, 0.1) is 0 Å². The van der Waals surface area contributed by atoms with Gasteiger partial charge in [-0.1, -0.05) is 0 Å². The van der Waals surface area contributed by atoms with Gasteiger partial charge in [0, 0.05) is 13.6 Å². The van der Waals surface area contributed by atoms with Gasteiger partial charge in [-0.05, 0) is 6.42 Å². The molecule has 0 saturated carbocycles. The summed E-state index contributed by atoms with van der Waals surface area (Å²) in [7, 11) is 2.98. The topological polar surface area (TPSA) is 61.8 Å². The average Bonchev–Trinajstić information content (AvgIpc) is 2.49. The van der Waals surface area contributed by atoms with Crippen LogP contribution in [0.5, 0.6) is 0 Å². The third kappa shape index (κ3) is 1.94. The highest BCUT2D eigenvalue weighted by atomic mass is 16.7. The highest BCUT2D eigenvalue weighted by molar-refractivity contribution is 5.81. The molecule has 0 aromatic heterocycles. The number of nitrogens with zero attached hydrogens (tertiary/aromatic N) is 1. The maximum absolute atomic E-state index is 11.3. The maximum Gasteiger partial charge on any atom is 0.263 e. The molecule has 5 nitrogen and oxygen atoms in total. The van der Waals surface area contributed by atoms with Gasteiger partial charge in [-0.15, -0.1) is 0 Å². The van der Waals surface area contributed by atoms with Crippen LogP contribution in [-0.4, -0.2) is 48.9 Å². The van der Waals surface area contributed by atoms with Gasteiger partial charge in [-0.25, -0.2) is 5.06 Å². The van der Waals surface area contributed by atoms with Gasteiger partial charge in [-0.3, -0.25) is 9.63 Å². The van der Waals surface area contributed by atoms with E-state index in [4.69, 9.17) is 9.94 Å². The molecule has 1 heterocycles. The van der Waals surface area contributed by atoms with Gasteiger partial charge in [0.2, 0.25) is 0 Å². The summed E-state index contributed by atoms with van der Waals surface area (Å²) in [4.78, 5) is 16.1. The Bertz CT molecular complexity index is 174. The summed E-state index contributed by atoms with van der Waals surface area (Å²) >= 11 is 0. The number of likely N-dealkylation sites (N-methyl/N-ethyl adjacent to an activating group) is 1. The summed E-state index contributed by atoms with van der Waals surface area (Å²) in [6.45, 7) is 0.480. The molecular formula is C7H14N2O3. The number of β-amino-alcohol motifs (C(OH)–C–C–N with tert-alkyl or cyclic N) is 1. The smallest absolute Gasteiger partial charge is 0.263 e. The van der Waals surface area contributed by atoms with Crippen molar-refractivity contribution in [3.8, 4) is 0 Å². The van der Waals surface area contributed by atoms with Crippen LogP contribution in [0.2, 0.25) is 0 Å². The van der Waals surface area contributed by atoms with E-state index in [-0.39, 0.29) is 11.9 Å². The molecule has 0 radical (unpaired) electrons. The number of rotatable bonds is 2. The van der Waals surface area contributed by atoms with E-state index in [0.717, 1.165) is 5.06 Å². The first-order valence-electron chi connectivity index (χ1n) is 3.88. The number of nitrogens with one attached hydrogen (secondary N) is 1. The number of hydrogen-bond acceptors (Lipinski definition) is 4. The highest BCUT2D eigenvalue weighted by Crippen LogP contribution is 2.08. The molecule has 2 atom stereocenters. The van der Waals surface area contributed by atoms with Gasteiger partial charge >= 0.3 is 0 Å². The largest absolute Gasteiger partial charge is 0.392 e. The third-order valence-corrected chi connectivity index (χ3v) is 1.99. The first kappa shape index (κ1) is 9.44. The van der Waals surface area contributed by atoms with Crippen molar-refractivity contribution in [2.24, 2.45) is 0 Å². The molecule has 1 fully saturated rings. The van der Waals surface area contributed by atoms with Crippen molar-refractivity contribution in [1.82, 2.24) is 10.4 Å². The van der Waals surface area contributed by atoms with Crippen LogP contribution in [0.3, 0.4) is 0 Å². The Labute approximate surface area is 71.3 Å². The van der Waals surface area contributed by atoms with Gasteiger partial charge in [-0.2, -0.15) is 0 Å². The second-order valence-corrected chi connectivity index (χ2v) is 2.87. The SMILES string of the molecule is CON(C)C(=O)C1CC(O)CN1. The van der Waals surface area contributed by atoms with E-state index >= 15 is 0 Å². The number of aliphatic hydroxyl groups is 1. The Morgan fingerprint density at radius 1 is 1.75 bits per heavy atom. The van der Waals surface area contributed by atoms with Crippen molar-refractivity contribution in [3.63, 3.8) is 0 Å². The van der Waals surface area contributed by atoms with Gasteiger partial charge in [0.1, 0.15) is 0 Å². The number of aliphatic hydroxyl groups excluding tert-OH is 1. The van der Waals surface area contributed by atoms with Crippen molar-refractivity contribution >= 4 is 5.91 Å². The molecule has 1 rings (SSSR count). The van der Waals surface area contributed by atoms with Crippen LogP contribution < -0.4 is 5.32 Å². The number of amides is 1. The Balaban J connectivity index is 2.43. The lowest BCUT2D eigenvalue weighted by atomic mass is 10.2.